The van der Waals surface area contributed by atoms with E-state index in [1.165, 1.54) is 5.56 Å². The number of aromatic nitrogens is 2. The lowest BCUT2D eigenvalue weighted by Gasteiger charge is -2.14. The molecule has 0 radical (unpaired) electrons. The van der Waals surface area contributed by atoms with E-state index in [1.807, 2.05) is 55.6 Å². The zero-order chi connectivity index (χ0) is 18.8. The highest BCUT2D eigenvalue weighted by Crippen LogP contribution is 2.24. The number of carbonyl (C=O) groups excluding carboxylic acids is 1. The summed E-state index contributed by atoms with van der Waals surface area (Å²) in [7, 11) is 1.79. The van der Waals surface area contributed by atoms with Gasteiger partial charge in [-0.25, -0.2) is 0 Å². The van der Waals surface area contributed by atoms with Crippen LogP contribution in [0.5, 0.6) is 0 Å². The first kappa shape index (κ1) is 17.1. The highest BCUT2D eigenvalue weighted by atomic mass is 16.5. The molecule has 0 aliphatic carbocycles. The minimum absolute atomic E-state index is 0.0290. The number of rotatable bonds is 5. The van der Waals surface area contributed by atoms with Gasteiger partial charge in [0.2, 0.25) is 0 Å². The summed E-state index contributed by atoms with van der Waals surface area (Å²) in [6, 6.07) is 20.1. The van der Waals surface area contributed by atoms with Crippen LogP contribution in [0.4, 0.5) is 0 Å². The van der Waals surface area contributed by atoms with Crippen LogP contribution >= 0.6 is 0 Å². The van der Waals surface area contributed by atoms with Gasteiger partial charge in [0.1, 0.15) is 11.5 Å². The molecular formula is C22H21N3O2. The SMILES string of the molecule is Cc1cc(CN(C)C(=O)c2cn(Cc3ccccc3)c3ccccc23)no1. The van der Waals surface area contributed by atoms with Crippen LogP contribution in [0.2, 0.25) is 0 Å². The van der Waals surface area contributed by atoms with Crippen LogP contribution in [0.1, 0.15) is 27.4 Å². The number of carbonyl (C=O) groups is 1. The molecule has 2 heterocycles. The van der Waals surface area contributed by atoms with Gasteiger partial charge in [0, 0.05) is 36.8 Å². The number of hydrogen-bond acceptors (Lipinski definition) is 3. The minimum Gasteiger partial charge on any atom is -0.361 e. The van der Waals surface area contributed by atoms with E-state index in [9.17, 15) is 4.79 Å². The Morgan fingerprint density at radius 2 is 1.85 bits per heavy atom. The average molecular weight is 359 g/mol. The quantitative estimate of drug-likeness (QED) is 0.535. The minimum atomic E-state index is -0.0290. The summed E-state index contributed by atoms with van der Waals surface area (Å²) < 4.78 is 7.23. The van der Waals surface area contributed by atoms with Gasteiger partial charge >= 0.3 is 0 Å². The predicted octanol–water partition coefficient (Wildman–Crippen LogP) is 4.26. The zero-order valence-corrected chi connectivity index (χ0v) is 15.4. The van der Waals surface area contributed by atoms with E-state index in [0.717, 1.165) is 28.9 Å². The van der Waals surface area contributed by atoms with Gasteiger partial charge in [-0.3, -0.25) is 4.79 Å². The van der Waals surface area contributed by atoms with Crippen LogP contribution in [-0.2, 0) is 13.1 Å². The van der Waals surface area contributed by atoms with Crippen molar-refractivity contribution in [1.82, 2.24) is 14.6 Å². The fourth-order valence-corrected chi connectivity index (χ4v) is 3.34. The first-order valence-corrected chi connectivity index (χ1v) is 8.91. The average Bonchev–Trinajstić information content (AvgIpc) is 3.26. The van der Waals surface area contributed by atoms with E-state index in [2.05, 4.69) is 27.9 Å². The van der Waals surface area contributed by atoms with Gasteiger partial charge in [0.25, 0.3) is 5.91 Å². The summed E-state index contributed by atoms with van der Waals surface area (Å²) in [6.07, 6.45) is 1.95. The number of fused-ring (bicyclic) bond motifs is 1. The van der Waals surface area contributed by atoms with Crippen LogP contribution in [-0.4, -0.2) is 27.6 Å². The molecule has 0 atom stereocenters. The maximum absolute atomic E-state index is 13.1. The van der Waals surface area contributed by atoms with Gasteiger partial charge < -0.3 is 14.0 Å². The number of hydrogen-bond donors (Lipinski definition) is 0. The molecule has 0 fully saturated rings. The van der Waals surface area contributed by atoms with Crippen molar-refractivity contribution in [3.63, 3.8) is 0 Å². The summed E-state index contributed by atoms with van der Waals surface area (Å²) in [5.74, 6) is 0.712. The largest absolute Gasteiger partial charge is 0.361 e. The molecule has 0 saturated carbocycles. The summed E-state index contributed by atoms with van der Waals surface area (Å²) in [5, 5.41) is 4.94. The van der Waals surface area contributed by atoms with Crippen LogP contribution in [0, 0.1) is 6.92 Å². The summed E-state index contributed by atoms with van der Waals surface area (Å²) in [6.45, 7) is 2.98. The number of nitrogens with zero attached hydrogens (tertiary/aromatic N) is 3. The first-order chi connectivity index (χ1) is 13.1. The number of aryl methyl sites for hydroxylation is 1. The lowest BCUT2D eigenvalue weighted by atomic mass is 10.1. The summed E-state index contributed by atoms with van der Waals surface area (Å²) in [4.78, 5) is 14.8. The topological polar surface area (TPSA) is 51.3 Å². The van der Waals surface area contributed by atoms with Crippen molar-refractivity contribution in [1.29, 1.82) is 0 Å². The fraction of sp³-hybridized carbons (Fsp3) is 0.182. The first-order valence-electron chi connectivity index (χ1n) is 8.91. The monoisotopic (exact) mass is 359 g/mol. The molecule has 5 heteroatoms. The van der Waals surface area contributed by atoms with Gasteiger partial charge in [0.05, 0.1) is 12.1 Å². The van der Waals surface area contributed by atoms with Crippen molar-refractivity contribution in [3.05, 3.63) is 89.4 Å². The van der Waals surface area contributed by atoms with Crippen molar-refractivity contribution >= 4 is 16.8 Å². The Bertz CT molecular complexity index is 1080. The molecule has 0 unspecified atom stereocenters. The third-order valence-corrected chi connectivity index (χ3v) is 4.64. The number of amides is 1. The van der Waals surface area contributed by atoms with Crippen molar-refractivity contribution in [2.75, 3.05) is 7.05 Å². The van der Waals surface area contributed by atoms with Gasteiger partial charge in [0.15, 0.2) is 0 Å². The predicted molar refractivity (Wildman–Crippen MR) is 105 cm³/mol. The maximum Gasteiger partial charge on any atom is 0.256 e. The van der Waals surface area contributed by atoms with E-state index in [4.69, 9.17) is 4.52 Å². The molecule has 0 N–H and O–H groups in total. The molecule has 4 rings (SSSR count). The van der Waals surface area contributed by atoms with Gasteiger partial charge in [-0.05, 0) is 18.6 Å². The normalized spacial score (nSPS) is 11.0. The van der Waals surface area contributed by atoms with Crippen molar-refractivity contribution in [3.8, 4) is 0 Å². The Morgan fingerprint density at radius 3 is 2.59 bits per heavy atom. The lowest BCUT2D eigenvalue weighted by Crippen LogP contribution is -2.26. The summed E-state index contributed by atoms with van der Waals surface area (Å²) in [5.41, 5.74) is 3.69. The highest BCUT2D eigenvalue weighted by Gasteiger charge is 2.19. The molecule has 2 aromatic heterocycles. The van der Waals surface area contributed by atoms with Crippen molar-refractivity contribution < 1.29 is 9.32 Å². The Balaban J connectivity index is 1.65. The van der Waals surface area contributed by atoms with Crippen molar-refractivity contribution in [2.24, 2.45) is 0 Å². The second-order valence-corrected chi connectivity index (χ2v) is 6.76. The third kappa shape index (κ3) is 3.49. The molecule has 27 heavy (non-hydrogen) atoms. The molecule has 5 nitrogen and oxygen atoms in total. The molecule has 2 aromatic carbocycles. The second kappa shape index (κ2) is 7.11. The summed E-state index contributed by atoms with van der Waals surface area (Å²) >= 11 is 0. The molecule has 4 aromatic rings. The second-order valence-electron chi connectivity index (χ2n) is 6.76. The molecule has 1 amide bonds. The molecular weight excluding hydrogens is 338 g/mol. The molecule has 0 aliphatic rings. The molecule has 136 valence electrons. The Hall–Kier alpha value is -3.34. The molecule has 0 bridgehead atoms. The lowest BCUT2D eigenvalue weighted by molar-refractivity contribution is 0.0784. The molecule has 0 saturated heterocycles. The van der Waals surface area contributed by atoms with Gasteiger partial charge in [-0.1, -0.05) is 53.7 Å². The highest BCUT2D eigenvalue weighted by molar-refractivity contribution is 6.06. The third-order valence-electron chi connectivity index (χ3n) is 4.64. The Labute approximate surface area is 157 Å². The Morgan fingerprint density at radius 1 is 1.11 bits per heavy atom. The number of benzene rings is 2. The molecule has 0 spiro atoms. The van der Waals surface area contributed by atoms with Gasteiger partial charge in [-0.2, -0.15) is 0 Å². The van der Waals surface area contributed by atoms with Crippen LogP contribution in [0.3, 0.4) is 0 Å². The number of para-hydroxylation sites is 1. The van der Waals surface area contributed by atoms with Gasteiger partial charge in [-0.15, -0.1) is 0 Å². The zero-order valence-electron chi connectivity index (χ0n) is 15.4. The van der Waals surface area contributed by atoms with Crippen LogP contribution in [0.15, 0.2) is 71.4 Å². The Kier molecular flexibility index (Phi) is 4.50. The fourth-order valence-electron chi connectivity index (χ4n) is 3.34. The van der Waals surface area contributed by atoms with Crippen molar-refractivity contribution in [2.45, 2.75) is 20.0 Å². The van der Waals surface area contributed by atoms with E-state index in [0.29, 0.717) is 12.1 Å². The standard InChI is InChI=1S/C22H21N3O2/c1-16-12-18(23-27-16)14-24(2)22(26)20-15-25(13-17-8-4-3-5-9-17)21-11-7-6-10-19(20)21/h3-12,15H,13-14H2,1-2H3. The van der Waals surface area contributed by atoms with E-state index < -0.39 is 0 Å². The van der Waals surface area contributed by atoms with E-state index in [-0.39, 0.29) is 5.91 Å². The van der Waals surface area contributed by atoms with Crippen LogP contribution < -0.4 is 0 Å². The smallest absolute Gasteiger partial charge is 0.256 e. The molecule has 0 aliphatic heterocycles. The maximum atomic E-state index is 13.1. The van der Waals surface area contributed by atoms with Crippen LogP contribution in [0.25, 0.3) is 10.9 Å². The van der Waals surface area contributed by atoms with E-state index in [1.54, 1.807) is 11.9 Å². The van der Waals surface area contributed by atoms with E-state index >= 15 is 0 Å².